The number of anilines is 2. The second-order valence-corrected chi connectivity index (χ2v) is 4.91. The summed E-state index contributed by atoms with van der Waals surface area (Å²) in [6, 6.07) is 10.3. The molecule has 0 spiro atoms. The van der Waals surface area contributed by atoms with Gasteiger partial charge in [-0.25, -0.2) is 0 Å². The van der Waals surface area contributed by atoms with Gasteiger partial charge in [0.2, 0.25) is 0 Å². The van der Waals surface area contributed by atoms with Gasteiger partial charge in [0.05, 0.1) is 37.3 Å². The van der Waals surface area contributed by atoms with Crippen molar-refractivity contribution in [1.82, 2.24) is 0 Å². The molecular weight excluding hydrogens is 308 g/mol. The lowest BCUT2D eigenvalue weighted by atomic mass is 10.1. The first-order chi connectivity index (χ1) is 11.6. The zero-order chi connectivity index (χ0) is 17.5. The van der Waals surface area contributed by atoms with Crippen LogP contribution in [0.1, 0.15) is 24.2 Å². The Morgan fingerprint density at radius 1 is 1.04 bits per heavy atom. The third-order valence-corrected chi connectivity index (χ3v) is 3.31. The Morgan fingerprint density at radius 3 is 2.38 bits per heavy atom. The molecule has 0 bridgehead atoms. The van der Waals surface area contributed by atoms with Crippen LogP contribution >= 0.6 is 0 Å². The third-order valence-electron chi connectivity index (χ3n) is 3.31. The van der Waals surface area contributed by atoms with E-state index in [1.165, 1.54) is 7.11 Å². The van der Waals surface area contributed by atoms with Gasteiger partial charge in [-0.15, -0.1) is 0 Å². The van der Waals surface area contributed by atoms with Gasteiger partial charge in [0.15, 0.2) is 0 Å². The molecule has 0 unspecified atom stereocenters. The predicted molar refractivity (Wildman–Crippen MR) is 94.1 cm³/mol. The number of nitrogens with one attached hydrogen (secondary N) is 1. The molecule has 0 heterocycles. The number of carbonyl (C=O) groups excluding carboxylic acids is 1. The number of hydrogen-bond acceptors (Lipinski definition) is 5. The average molecular weight is 330 g/mol. The topological polar surface area (TPSA) is 82.8 Å². The molecule has 0 aromatic heterocycles. The van der Waals surface area contributed by atoms with Gasteiger partial charge in [-0.3, -0.25) is 4.79 Å². The van der Waals surface area contributed by atoms with Crippen LogP contribution in [0.5, 0.6) is 17.2 Å². The van der Waals surface area contributed by atoms with E-state index in [4.69, 9.17) is 19.9 Å². The van der Waals surface area contributed by atoms with Crippen LogP contribution in [0.3, 0.4) is 0 Å². The van der Waals surface area contributed by atoms with Gasteiger partial charge < -0.3 is 25.3 Å². The van der Waals surface area contributed by atoms with Crippen molar-refractivity contribution < 1.29 is 19.0 Å². The molecule has 0 aliphatic carbocycles. The first-order valence-electron chi connectivity index (χ1n) is 7.74. The number of ether oxygens (including phenoxy) is 3. The molecule has 2 aromatic rings. The molecule has 0 saturated heterocycles. The zero-order valence-corrected chi connectivity index (χ0v) is 14.1. The summed E-state index contributed by atoms with van der Waals surface area (Å²) in [4.78, 5) is 12.6. The lowest BCUT2D eigenvalue weighted by Gasteiger charge is -2.16. The lowest BCUT2D eigenvalue weighted by Crippen LogP contribution is -2.14. The van der Waals surface area contributed by atoms with Crippen molar-refractivity contribution in [3.8, 4) is 17.2 Å². The summed E-state index contributed by atoms with van der Waals surface area (Å²) < 4.78 is 16.3. The Kier molecular flexibility index (Phi) is 5.89. The van der Waals surface area contributed by atoms with Crippen LogP contribution in [0.2, 0.25) is 0 Å². The molecule has 3 N–H and O–H groups in total. The molecule has 0 aliphatic heterocycles. The highest BCUT2D eigenvalue weighted by molar-refractivity contribution is 6.07. The van der Waals surface area contributed by atoms with Crippen molar-refractivity contribution in [2.24, 2.45) is 0 Å². The van der Waals surface area contributed by atoms with Gasteiger partial charge in [0.1, 0.15) is 17.2 Å². The van der Waals surface area contributed by atoms with Crippen LogP contribution in [-0.2, 0) is 0 Å². The molecule has 0 aliphatic rings. The van der Waals surface area contributed by atoms with E-state index in [1.54, 1.807) is 36.4 Å². The first-order valence-corrected chi connectivity index (χ1v) is 7.74. The number of nitrogen functional groups attached to an aromatic ring is 1. The average Bonchev–Trinajstić information content (AvgIpc) is 2.59. The largest absolute Gasteiger partial charge is 0.496 e. The van der Waals surface area contributed by atoms with E-state index in [9.17, 15) is 4.79 Å². The van der Waals surface area contributed by atoms with Gasteiger partial charge in [0.25, 0.3) is 5.91 Å². The number of benzene rings is 2. The van der Waals surface area contributed by atoms with E-state index in [0.29, 0.717) is 47.4 Å². The second-order valence-electron chi connectivity index (χ2n) is 4.91. The van der Waals surface area contributed by atoms with Crippen molar-refractivity contribution in [1.29, 1.82) is 0 Å². The van der Waals surface area contributed by atoms with E-state index >= 15 is 0 Å². The molecule has 2 rings (SSSR count). The van der Waals surface area contributed by atoms with E-state index in [0.717, 1.165) is 0 Å². The molecule has 6 heteroatoms. The molecule has 24 heavy (non-hydrogen) atoms. The fourth-order valence-corrected chi connectivity index (χ4v) is 2.25. The molecule has 0 saturated carbocycles. The number of methoxy groups -OCH3 is 1. The molecule has 6 nitrogen and oxygen atoms in total. The Hall–Kier alpha value is -2.89. The quantitative estimate of drug-likeness (QED) is 0.761. The van der Waals surface area contributed by atoms with Crippen molar-refractivity contribution in [3.63, 3.8) is 0 Å². The van der Waals surface area contributed by atoms with Gasteiger partial charge in [-0.1, -0.05) is 12.1 Å². The van der Waals surface area contributed by atoms with Crippen LogP contribution in [0.25, 0.3) is 0 Å². The van der Waals surface area contributed by atoms with Gasteiger partial charge in [-0.05, 0) is 26.0 Å². The summed E-state index contributed by atoms with van der Waals surface area (Å²) in [5, 5.41) is 2.83. The van der Waals surface area contributed by atoms with Crippen LogP contribution < -0.4 is 25.3 Å². The smallest absolute Gasteiger partial charge is 0.259 e. The van der Waals surface area contributed by atoms with Crippen LogP contribution in [0.15, 0.2) is 36.4 Å². The van der Waals surface area contributed by atoms with Gasteiger partial charge in [0, 0.05) is 12.1 Å². The molecular formula is C18H22N2O4. The minimum atomic E-state index is -0.305. The van der Waals surface area contributed by atoms with Gasteiger partial charge in [-0.2, -0.15) is 0 Å². The van der Waals surface area contributed by atoms with Crippen LogP contribution in [0, 0.1) is 0 Å². The fourth-order valence-electron chi connectivity index (χ4n) is 2.25. The maximum Gasteiger partial charge on any atom is 0.259 e. The summed E-state index contributed by atoms with van der Waals surface area (Å²) >= 11 is 0. The number of para-hydroxylation sites is 1. The van der Waals surface area contributed by atoms with Crippen molar-refractivity contribution in [2.45, 2.75) is 13.8 Å². The van der Waals surface area contributed by atoms with Crippen LogP contribution in [0.4, 0.5) is 11.4 Å². The first kappa shape index (κ1) is 17.5. The normalized spacial score (nSPS) is 10.1. The highest BCUT2D eigenvalue weighted by atomic mass is 16.5. The van der Waals surface area contributed by atoms with E-state index < -0.39 is 0 Å². The zero-order valence-electron chi connectivity index (χ0n) is 14.1. The molecule has 2 aromatic carbocycles. The summed E-state index contributed by atoms with van der Waals surface area (Å²) in [6.07, 6.45) is 0. The second kappa shape index (κ2) is 8.10. The Labute approximate surface area is 141 Å². The number of rotatable bonds is 7. The standard InChI is InChI=1S/C18H22N2O4/c1-4-23-16-11-14(17(24-5-2)10-13(16)19)20-18(21)12-8-6-7-9-15(12)22-3/h6-11H,4-5,19H2,1-3H3,(H,20,21). The lowest BCUT2D eigenvalue weighted by molar-refractivity contribution is 0.102. The number of carbonyl (C=O) groups is 1. The Bertz CT molecular complexity index is 716. The van der Waals surface area contributed by atoms with Crippen molar-refractivity contribution >= 4 is 17.3 Å². The van der Waals surface area contributed by atoms with Gasteiger partial charge >= 0.3 is 0 Å². The molecule has 0 fully saturated rings. The summed E-state index contributed by atoms with van der Waals surface area (Å²) in [5.74, 6) is 1.17. The number of nitrogens with two attached hydrogens (primary N) is 1. The predicted octanol–water partition coefficient (Wildman–Crippen LogP) is 3.33. The molecule has 128 valence electrons. The fraction of sp³-hybridized carbons (Fsp3) is 0.278. The SMILES string of the molecule is CCOc1cc(NC(=O)c2ccccc2OC)c(OCC)cc1N. The summed E-state index contributed by atoms with van der Waals surface area (Å²) in [7, 11) is 1.52. The Morgan fingerprint density at radius 2 is 1.71 bits per heavy atom. The summed E-state index contributed by atoms with van der Waals surface area (Å²) in [5.41, 5.74) is 7.33. The molecule has 0 atom stereocenters. The van der Waals surface area contributed by atoms with Crippen molar-refractivity contribution in [3.05, 3.63) is 42.0 Å². The molecule has 0 radical (unpaired) electrons. The van der Waals surface area contributed by atoms with Crippen LogP contribution in [-0.4, -0.2) is 26.2 Å². The highest BCUT2D eigenvalue weighted by Crippen LogP contribution is 2.35. The van der Waals surface area contributed by atoms with E-state index in [-0.39, 0.29) is 5.91 Å². The minimum Gasteiger partial charge on any atom is -0.496 e. The number of hydrogen-bond donors (Lipinski definition) is 2. The number of amides is 1. The van der Waals surface area contributed by atoms with Crippen molar-refractivity contribution in [2.75, 3.05) is 31.4 Å². The Balaban J connectivity index is 2.36. The minimum absolute atomic E-state index is 0.305. The maximum atomic E-state index is 12.6. The monoisotopic (exact) mass is 330 g/mol. The molecule has 1 amide bonds. The van der Waals surface area contributed by atoms with E-state index in [2.05, 4.69) is 5.32 Å². The van der Waals surface area contributed by atoms with E-state index in [1.807, 2.05) is 13.8 Å². The summed E-state index contributed by atoms with van der Waals surface area (Å²) in [6.45, 7) is 4.64. The third kappa shape index (κ3) is 3.90. The highest BCUT2D eigenvalue weighted by Gasteiger charge is 2.16. The maximum absolute atomic E-state index is 12.6.